The third-order valence-corrected chi connectivity index (χ3v) is 3.59. The molecule has 1 aliphatic heterocycles. The molecule has 3 N–H and O–H groups in total. The van der Waals surface area contributed by atoms with E-state index >= 15 is 0 Å². The fourth-order valence-corrected chi connectivity index (χ4v) is 2.51. The second-order valence-corrected chi connectivity index (χ2v) is 5.00. The number of nitrogens with one attached hydrogen (secondary N) is 1. The molecule has 0 aromatic carbocycles. The molecule has 1 fully saturated rings. The minimum absolute atomic E-state index is 0.143. The number of hydrogen-bond acceptors (Lipinski definition) is 4. The van der Waals surface area contributed by atoms with Gasteiger partial charge in [-0.05, 0) is 25.8 Å². The summed E-state index contributed by atoms with van der Waals surface area (Å²) in [6, 6.07) is 2.28. The molecule has 6 nitrogen and oxygen atoms in total. The second kappa shape index (κ2) is 6.56. The maximum absolute atomic E-state index is 11.4. The average molecular weight is 265 g/mol. The number of rotatable bonds is 5. The summed E-state index contributed by atoms with van der Waals surface area (Å²) in [4.78, 5) is 13.8. The number of carbonyl (C=O) groups is 1. The highest BCUT2D eigenvalue weighted by molar-refractivity contribution is 5.75. The number of nitrogen functional groups attached to an aromatic ring is 1. The van der Waals surface area contributed by atoms with Crippen LogP contribution in [0.1, 0.15) is 32.2 Å². The molecule has 1 aliphatic rings. The van der Waals surface area contributed by atoms with E-state index in [9.17, 15) is 4.79 Å². The molecular weight excluding hydrogens is 242 g/mol. The van der Waals surface area contributed by atoms with Crippen LogP contribution in [0.4, 0.5) is 5.82 Å². The van der Waals surface area contributed by atoms with E-state index in [1.807, 2.05) is 23.9 Å². The van der Waals surface area contributed by atoms with Crippen LogP contribution in [0.3, 0.4) is 0 Å². The first-order valence-electron chi connectivity index (χ1n) is 6.98. The molecule has 2 heterocycles. The average Bonchev–Trinajstić information content (AvgIpc) is 2.84. The van der Waals surface area contributed by atoms with Gasteiger partial charge in [-0.15, -0.1) is 0 Å². The molecular formula is C13H23N5O. The van der Waals surface area contributed by atoms with Crippen molar-refractivity contribution in [2.75, 3.05) is 31.9 Å². The Morgan fingerprint density at radius 3 is 2.84 bits per heavy atom. The summed E-state index contributed by atoms with van der Waals surface area (Å²) < 4.78 is 1.97. The Hall–Kier alpha value is -1.56. The maximum atomic E-state index is 11.4. The van der Waals surface area contributed by atoms with Gasteiger partial charge in [0.2, 0.25) is 5.91 Å². The Morgan fingerprint density at radius 2 is 2.26 bits per heavy atom. The minimum Gasteiger partial charge on any atom is -0.382 e. The largest absolute Gasteiger partial charge is 0.382 e. The van der Waals surface area contributed by atoms with E-state index < -0.39 is 0 Å². The van der Waals surface area contributed by atoms with Crippen molar-refractivity contribution in [1.82, 2.24) is 20.0 Å². The molecule has 1 aromatic rings. The number of piperidine rings is 1. The smallest absolute Gasteiger partial charge is 0.221 e. The van der Waals surface area contributed by atoms with Crippen LogP contribution in [0.25, 0.3) is 0 Å². The molecule has 0 aliphatic carbocycles. The summed E-state index contributed by atoms with van der Waals surface area (Å²) in [6.07, 6.45) is 4.67. The molecule has 0 unspecified atom stereocenters. The number of amides is 1. The van der Waals surface area contributed by atoms with Gasteiger partial charge in [-0.1, -0.05) is 0 Å². The van der Waals surface area contributed by atoms with E-state index in [0.717, 1.165) is 32.5 Å². The van der Waals surface area contributed by atoms with E-state index in [0.29, 0.717) is 24.8 Å². The van der Waals surface area contributed by atoms with Gasteiger partial charge < -0.3 is 16.0 Å². The van der Waals surface area contributed by atoms with Crippen molar-refractivity contribution in [3.63, 3.8) is 0 Å². The summed E-state index contributed by atoms with van der Waals surface area (Å²) in [6.45, 7) is 5.54. The van der Waals surface area contributed by atoms with Gasteiger partial charge in [0.25, 0.3) is 0 Å². The van der Waals surface area contributed by atoms with Gasteiger partial charge in [0.1, 0.15) is 5.82 Å². The normalized spacial score (nSPS) is 17.5. The zero-order valence-corrected chi connectivity index (χ0v) is 11.5. The van der Waals surface area contributed by atoms with Crippen LogP contribution in [0, 0.1) is 0 Å². The van der Waals surface area contributed by atoms with Gasteiger partial charge in [0.05, 0.1) is 6.04 Å². The molecule has 0 saturated carbocycles. The van der Waals surface area contributed by atoms with Gasteiger partial charge in [0, 0.05) is 38.8 Å². The van der Waals surface area contributed by atoms with E-state index in [-0.39, 0.29) is 5.91 Å². The van der Waals surface area contributed by atoms with Gasteiger partial charge in [-0.2, -0.15) is 5.10 Å². The van der Waals surface area contributed by atoms with Gasteiger partial charge in [0.15, 0.2) is 0 Å². The molecule has 19 heavy (non-hydrogen) atoms. The van der Waals surface area contributed by atoms with Crippen LogP contribution in [0.2, 0.25) is 0 Å². The Morgan fingerprint density at radius 1 is 1.53 bits per heavy atom. The van der Waals surface area contributed by atoms with E-state index in [4.69, 9.17) is 5.73 Å². The molecule has 0 atom stereocenters. The summed E-state index contributed by atoms with van der Waals surface area (Å²) in [5.74, 6) is 0.725. The predicted octanol–water partition coefficient (Wildman–Crippen LogP) is 0.628. The van der Waals surface area contributed by atoms with Crippen LogP contribution in [-0.4, -0.2) is 46.8 Å². The topological polar surface area (TPSA) is 76.2 Å². The van der Waals surface area contributed by atoms with Gasteiger partial charge in [-0.3, -0.25) is 9.48 Å². The molecule has 1 saturated heterocycles. The Bertz CT molecular complexity index is 409. The Kier molecular flexibility index (Phi) is 4.79. The highest BCUT2D eigenvalue weighted by atomic mass is 16.1. The highest BCUT2D eigenvalue weighted by Crippen LogP contribution is 2.22. The highest BCUT2D eigenvalue weighted by Gasteiger charge is 2.21. The summed E-state index contributed by atoms with van der Waals surface area (Å²) >= 11 is 0. The van der Waals surface area contributed by atoms with Gasteiger partial charge >= 0.3 is 0 Å². The molecule has 1 amide bonds. The third-order valence-electron chi connectivity index (χ3n) is 3.59. The fraction of sp³-hybridized carbons (Fsp3) is 0.692. The minimum atomic E-state index is 0.143. The molecule has 0 bridgehead atoms. The van der Waals surface area contributed by atoms with E-state index in [2.05, 4.69) is 15.3 Å². The van der Waals surface area contributed by atoms with Crippen molar-refractivity contribution >= 4 is 11.7 Å². The molecule has 0 radical (unpaired) electrons. The van der Waals surface area contributed by atoms with E-state index in [1.54, 1.807) is 0 Å². The van der Waals surface area contributed by atoms with Crippen molar-refractivity contribution in [1.29, 1.82) is 0 Å². The van der Waals surface area contributed by atoms with Crippen LogP contribution < -0.4 is 11.1 Å². The molecule has 0 spiro atoms. The summed E-state index contributed by atoms with van der Waals surface area (Å²) in [5.41, 5.74) is 5.64. The fourth-order valence-electron chi connectivity index (χ4n) is 2.51. The maximum Gasteiger partial charge on any atom is 0.221 e. The lowest BCUT2D eigenvalue weighted by Crippen LogP contribution is -2.37. The number of carbonyl (C=O) groups excluding carboxylic acids is 1. The number of likely N-dealkylation sites (tertiary alicyclic amines) is 1. The third kappa shape index (κ3) is 3.96. The first-order valence-corrected chi connectivity index (χ1v) is 6.98. The van der Waals surface area contributed by atoms with Crippen molar-refractivity contribution in [2.45, 2.75) is 32.2 Å². The predicted molar refractivity (Wildman–Crippen MR) is 74.7 cm³/mol. The van der Waals surface area contributed by atoms with E-state index in [1.165, 1.54) is 0 Å². The van der Waals surface area contributed by atoms with Crippen LogP contribution in [0.15, 0.2) is 12.3 Å². The molecule has 2 rings (SSSR count). The second-order valence-electron chi connectivity index (χ2n) is 5.00. The van der Waals surface area contributed by atoms with Crippen LogP contribution >= 0.6 is 0 Å². The molecule has 6 heteroatoms. The van der Waals surface area contributed by atoms with Gasteiger partial charge in [-0.25, -0.2) is 0 Å². The van der Waals surface area contributed by atoms with Crippen molar-refractivity contribution in [3.05, 3.63) is 12.3 Å². The summed E-state index contributed by atoms with van der Waals surface area (Å²) in [5, 5.41) is 7.10. The van der Waals surface area contributed by atoms with Crippen LogP contribution in [0.5, 0.6) is 0 Å². The Labute approximate surface area is 113 Å². The lowest BCUT2D eigenvalue weighted by molar-refractivity contribution is -0.121. The summed E-state index contributed by atoms with van der Waals surface area (Å²) in [7, 11) is 0. The first kappa shape index (κ1) is 13.9. The number of anilines is 1. The quantitative estimate of drug-likeness (QED) is 0.818. The standard InChI is InChI=1S/C13H23N5O/c1-2-15-13(19)6-9-17-7-3-11(4-8-17)18-10-5-12(14)16-18/h5,10-11H,2-4,6-9H2,1H3,(H2,14,16)(H,15,19). The van der Waals surface area contributed by atoms with Crippen molar-refractivity contribution in [3.8, 4) is 0 Å². The zero-order valence-electron chi connectivity index (χ0n) is 11.5. The number of nitrogens with zero attached hydrogens (tertiary/aromatic N) is 3. The lowest BCUT2D eigenvalue weighted by atomic mass is 10.1. The Balaban J connectivity index is 1.72. The lowest BCUT2D eigenvalue weighted by Gasteiger charge is -2.31. The van der Waals surface area contributed by atoms with Crippen molar-refractivity contribution < 1.29 is 4.79 Å². The number of aromatic nitrogens is 2. The van der Waals surface area contributed by atoms with Crippen molar-refractivity contribution in [2.24, 2.45) is 0 Å². The monoisotopic (exact) mass is 265 g/mol. The van der Waals surface area contributed by atoms with Crippen LogP contribution in [-0.2, 0) is 4.79 Å². The molecule has 106 valence electrons. The molecule has 1 aromatic heterocycles. The SMILES string of the molecule is CCNC(=O)CCN1CCC(n2ccc(N)n2)CC1. The number of hydrogen-bond donors (Lipinski definition) is 2. The zero-order chi connectivity index (χ0) is 13.7. The first-order chi connectivity index (χ1) is 9.19. The number of nitrogens with two attached hydrogens (primary N) is 1.